The molecule has 1 aliphatic carbocycles. The van der Waals surface area contributed by atoms with E-state index in [2.05, 4.69) is 61.8 Å². The van der Waals surface area contributed by atoms with Crippen LogP contribution in [0.25, 0.3) is 0 Å². The Labute approximate surface area is 180 Å². The first-order chi connectivity index (χ1) is 14.3. The van der Waals surface area contributed by atoms with Gasteiger partial charge in [-0.25, -0.2) is 0 Å². The van der Waals surface area contributed by atoms with Crippen LogP contribution in [0.5, 0.6) is 0 Å². The first kappa shape index (κ1) is 23.4. The first-order valence-electron chi connectivity index (χ1n) is 12.1. The molecule has 0 amide bonds. The smallest absolute Gasteiger partial charge is 0.0249 e. The van der Waals surface area contributed by atoms with Crippen molar-refractivity contribution in [2.75, 3.05) is 0 Å². The van der Waals surface area contributed by atoms with Gasteiger partial charge in [0.25, 0.3) is 0 Å². The quantitative estimate of drug-likeness (QED) is 0.296. The van der Waals surface area contributed by atoms with E-state index in [0.29, 0.717) is 5.92 Å². The highest BCUT2D eigenvalue weighted by molar-refractivity contribution is 5.39. The maximum absolute atomic E-state index is 3.44. The van der Waals surface area contributed by atoms with Crippen LogP contribution in [0.2, 0.25) is 0 Å². The molecule has 0 bridgehead atoms. The molecule has 0 atom stereocenters. The highest BCUT2D eigenvalue weighted by Gasteiger charge is 2.19. The number of hydrogen-bond donors (Lipinski definition) is 0. The number of unbranched alkanes of at least 4 members (excludes halogenated alkanes) is 5. The molecule has 0 saturated heterocycles. The Morgan fingerprint density at radius 3 is 2.21 bits per heavy atom. The van der Waals surface area contributed by atoms with Crippen molar-refractivity contribution >= 4 is 0 Å². The Balaban J connectivity index is 1.67. The van der Waals surface area contributed by atoms with Crippen molar-refractivity contribution in [3.8, 4) is 23.7 Å². The van der Waals surface area contributed by atoms with Gasteiger partial charge in [-0.2, -0.15) is 0 Å². The Morgan fingerprint density at radius 1 is 0.793 bits per heavy atom. The first-order valence-corrected chi connectivity index (χ1v) is 12.1. The van der Waals surface area contributed by atoms with Gasteiger partial charge < -0.3 is 0 Å². The number of rotatable bonds is 9. The van der Waals surface area contributed by atoms with Crippen LogP contribution in [0.1, 0.15) is 102 Å². The van der Waals surface area contributed by atoms with Gasteiger partial charge in [-0.15, -0.1) is 0 Å². The van der Waals surface area contributed by atoms with Crippen LogP contribution >= 0.6 is 0 Å². The average Bonchev–Trinajstić information content (AvgIpc) is 2.76. The molecule has 156 valence electrons. The van der Waals surface area contributed by atoms with Gasteiger partial charge >= 0.3 is 0 Å². The largest absolute Gasteiger partial charge is 0.0951 e. The van der Waals surface area contributed by atoms with Crippen LogP contribution < -0.4 is 0 Å². The number of benzene rings is 1. The Hall–Kier alpha value is -1.92. The third-order valence-electron chi connectivity index (χ3n) is 6.09. The van der Waals surface area contributed by atoms with E-state index >= 15 is 0 Å². The molecule has 1 aromatic rings. The van der Waals surface area contributed by atoms with Crippen molar-refractivity contribution < 1.29 is 0 Å². The van der Waals surface area contributed by atoms with Gasteiger partial charge in [0.2, 0.25) is 0 Å². The summed E-state index contributed by atoms with van der Waals surface area (Å²) in [5.41, 5.74) is 2.51. The Kier molecular flexibility index (Phi) is 12.1. The fourth-order valence-corrected chi connectivity index (χ4v) is 4.16. The zero-order valence-corrected chi connectivity index (χ0v) is 18.8. The molecule has 2 rings (SSSR count). The van der Waals surface area contributed by atoms with Crippen LogP contribution in [0.3, 0.4) is 0 Å². The third kappa shape index (κ3) is 10.4. The molecule has 29 heavy (non-hydrogen) atoms. The van der Waals surface area contributed by atoms with Gasteiger partial charge in [0.15, 0.2) is 0 Å². The van der Waals surface area contributed by atoms with Crippen LogP contribution in [-0.4, -0.2) is 0 Å². The van der Waals surface area contributed by atoms with E-state index in [1.165, 1.54) is 89.0 Å². The molecule has 0 spiro atoms. The lowest BCUT2D eigenvalue weighted by atomic mass is 9.80. The molecule has 0 unspecified atom stereocenters. The van der Waals surface area contributed by atoms with E-state index in [0.717, 1.165) is 11.5 Å². The SMILES string of the molecule is CCCCCCc1ccc(C#CC=CC#CC2CCC(CCCCC)CC2)cc1. The van der Waals surface area contributed by atoms with Crippen molar-refractivity contribution in [1.82, 2.24) is 0 Å². The number of aryl methyl sites for hydroxylation is 1. The normalized spacial score (nSPS) is 18.7. The van der Waals surface area contributed by atoms with Gasteiger partial charge in [-0.3, -0.25) is 0 Å². The summed E-state index contributed by atoms with van der Waals surface area (Å²) >= 11 is 0. The average molecular weight is 389 g/mol. The molecule has 0 heteroatoms. The van der Waals surface area contributed by atoms with Crippen molar-refractivity contribution in [2.45, 2.75) is 97.3 Å². The molecule has 0 N–H and O–H groups in total. The van der Waals surface area contributed by atoms with Crippen LogP contribution in [-0.2, 0) is 6.42 Å². The topological polar surface area (TPSA) is 0 Å². The minimum atomic E-state index is 0.597. The summed E-state index contributed by atoms with van der Waals surface area (Å²) in [4.78, 5) is 0. The van der Waals surface area contributed by atoms with Crippen molar-refractivity contribution in [3.05, 3.63) is 47.5 Å². The monoisotopic (exact) mass is 388 g/mol. The minimum Gasteiger partial charge on any atom is -0.0951 e. The number of hydrogen-bond acceptors (Lipinski definition) is 0. The zero-order chi connectivity index (χ0) is 20.6. The molecular formula is C29H40. The predicted octanol–water partition coefficient (Wildman–Crippen LogP) is 8.11. The summed E-state index contributed by atoms with van der Waals surface area (Å²) in [6.45, 7) is 4.55. The molecule has 1 saturated carbocycles. The zero-order valence-electron chi connectivity index (χ0n) is 18.8. The molecule has 1 aliphatic rings. The molecular weight excluding hydrogens is 348 g/mol. The highest BCUT2D eigenvalue weighted by Crippen LogP contribution is 2.31. The van der Waals surface area contributed by atoms with E-state index in [1.807, 2.05) is 12.2 Å². The standard InChI is InChI=1S/C29H40/c1-3-5-7-11-15-27-22-24-29(25-23-27)17-13-9-8-12-16-28-20-18-26(19-21-28)14-10-6-4-2/h8-9,22-26,28H,3-7,10-11,14-15,18-21H2,1-2H3. The number of allylic oxidation sites excluding steroid dienone is 2. The van der Waals surface area contributed by atoms with Gasteiger partial charge in [0.1, 0.15) is 0 Å². The second kappa shape index (κ2) is 15.0. The van der Waals surface area contributed by atoms with E-state index < -0.39 is 0 Å². The van der Waals surface area contributed by atoms with Gasteiger partial charge in [-0.1, -0.05) is 94.6 Å². The molecule has 0 aliphatic heterocycles. The van der Waals surface area contributed by atoms with E-state index in [-0.39, 0.29) is 0 Å². The maximum atomic E-state index is 3.44. The molecule has 0 radical (unpaired) electrons. The van der Waals surface area contributed by atoms with Gasteiger partial charge in [0.05, 0.1) is 0 Å². The molecule has 0 nitrogen and oxygen atoms in total. The summed E-state index contributed by atoms with van der Waals surface area (Å²) in [7, 11) is 0. The lowest BCUT2D eigenvalue weighted by Gasteiger charge is -2.25. The molecule has 1 aromatic carbocycles. The van der Waals surface area contributed by atoms with Crippen LogP contribution in [0.4, 0.5) is 0 Å². The summed E-state index contributed by atoms with van der Waals surface area (Å²) in [5.74, 6) is 14.6. The second-order valence-corrected chi connectivity index (χ2v) is 8.61. The molecule has 0 heterocycles. The Bertz CT molecular complexity index is 690. The van der Waals surface area contributed by atoms with Gasteiger partial charge in [-0.05, 0) is 74.3 Å². The third-order valence-corrected chi connectivity index (χ3v) is 6.09. The summed E-state index contributed by atoms with van der Waals surface area (Å²) in [6.07, 6.45) is 21.2. The van der Waals surface area contributed by atoms with E-state index in [4.69, 9.17) is 0 Å². The van der Waals surface area contributed by atoms with E-state index in [1.54, 1.807) is 0 Å². The van der Waals surface area contributed by atoms with Crippen LogP contribution in [0.15, 0.2) is 36.4 Å². The van der Waals surface area contributed by atoms with Crippen LogP contribution in [0, 0.1) is 35.5 Å². The molecule has 0 aromatic heterocycles. The second-order valence-electron chi connectivity index (χ2n) is 8.61. The Morgan fingerprint density at radius 2 is 1.48 bits per heavy atom. The lowest BCUT2D eigenvalue weighted by molar-refractivity contribution is 0.294. The summed E-state index contributed by atoms with van der Waals surface area (Å²) in [5, 5.41) is 0. The maximum Gasteiger partial charge on any atom is 0.0249 e. The van der Waals surface area contributed by atoms with Crippen molar-refractivity contribution in [1.29, 1.82) is 0 Å². The minimum absolute atomic E-state index is 0.597. The van der Waals surface area contributed by atoms with Crippen molar-refractivity contribution in [2.24, 2.45) is 11.8 Å². The summed E-state index contributed by atoms with van der Waals surface area (Å²) < 4.78 is 0. The fraction of sp³-hybridized carbons (Fsp3) is 0.586. The van der Waals surface area contributed by atoms with Crippen molar-refractivity contribution in [3.63, 3.8) is 0 Å². The summed E-state index contributed by atoms with van der Waals surface area (Å²) in [6, 6.07) is 8.72. The van der Waals surface area contributed by atoms with Gasteiger partial charge in [0, 0.05) is 11.5 Å². The predicted molar refractivity (Wildman–Crippen MR) is 128 cm³/mol. The fourth-order valence-electron chi connectivity index (χ4n) is 4.16. The highest BCUT2D eigenvalue weighted by atomic mass is 14.2. The van der Waals surface area contributed by atoms with E-state index in [9.17, 15) is 0 Å². The molecule has 1 fully saturated rings. The lowest BCUT2D eigenvalue weighted by Crippen LogP contribution is -2.13.